The van der Waals surface area contributed by atoms with Gasteiger partial charge in [-0.1, -0.05) is 30.3 Å². The lowest BCUT2D eigenvalue weighted by Crippen LogP contribution is -2.15. The van der Waals surface area contributed by atoms with Crippen molar-refractivity contribution in [1.29, 1.82) is 5.41 Å². The smallest absolute Gasteiger partial charge is 0.123 e. The summed E-state index contributed by atoms with van der Waals surface area (Å²) in [5, 5.41) is 7.89. The molecule has 0 aliphatic rings. The van der Waals surface area contributed by atoms with Crippen molar-refractivity contribution in [3.05, 3.63) is 53.1 Å². The summed E-state index contributed by atoms with van der Waals surface area (Å²) in [4.78, 5) is 0. The van der Waals surface area contributed by atoms with Crippen molar-refractivity contribution in [2.45, 2.75) is 19.8 Å². The minimum Gasteiger partial charge on any atom is -0.398 e. The van der Waals surface area contributed by atoms with Crippen LogP contribution in [-0.2, 0) is 11.2 Å². The number of hydrogen-bond donors (Lipinski definition) is 3. The lowest BCUT2D eigenvalue weighted by atomic mass is 9.88. The van der Waals surface area contributed by atoms with Crippen molar-refractivity contribution in [3.8, 4) is 11.1 Å². The maximum absolute atomic E-state index is 7.89. The van der Waals surface area contributed by atoms with E-state index in [1.165, 1.54) is 11.1 Å². The molecule has 0 bridgehead atoms. The maximum Gasteiger partial charge on any atom is 0.123 e. The van der Waals surface area contributed by atoms with Crippen molar-refractivity contribution >= 4 is 11.5 Å². The average molecular weight is 297 g/mol. The molecule has 0 aromatic heterocycles. The van der Waals surface area contributed by atoms with Crippen molar-refractivity contribution in [2.75, 3.05) is 19.5 Å². The van der Waals surface area contributed by atoms with Crippen LogP contribution < -0.4 is 11.5 Å². The number of methoxy groups -OCH3 is 1. The molecule has 4 nitrogen and oxygen atoms in total. The summed E-state index contributed by atoms with van der Waals surface area (Å²) in [6, 6.07) is 11.6. The predicted octanol–water partition coefficient (Wildman–Crippen LogP) is 3.11. The van der Waals surface area contributed by atoms with E-state index in [0.29, 0.717) is 12.3 Å². The van der Waals surface area contributed by atoms with Gasteiger partial charge in [-0.3, -0.25) is 5.41 Å². The summed E-state index contributed by atoms with van der Waals surface area (Å²) < 4.78 is 5.16. The van der Waals surface area contributed by atoms with Gasteiger partial charge in [-0.15, -0.1) is 0 Å². The molecule has 0 unspecified atom stereocenters. The summed E-state index contributed by atoms with van der Waals surface area (Å²) in [6.45, 7) is 2.78. The fourth-order valence-corrected chi connectivity index (χ4v) is 2.72. The molecule has 0 saturated carbocycles. The Hall–Kier alpha value is -2.33. The summed E-state index contributed by atoms with van der Waals surface area (Å²) in [7, 11) is 1.70. The molecule has 116 valence electrons. The van der Waals surface area contributed by atoms with Gasteiger partial charge in [-0.05, 0) is 42.5 Å². The topological polar surface area (TPSA) is 85.1 Å². The van der Waals surface area contributed by atoms with Gasteiger partial charge in [0.1, 0.15) is 5.84 Å². The summed E-state index contributed by atoms with van der Waals surface area (Å²) in [6.07, 6.45) is 1.78. The minimum absolute atomic E-state index is 0.0613. The van der Waals surface area contributed by atoms with E-state index in [2.05, 4.69) is 6.92 Å². The molecule has 2 rings (SSSR count). The van der Waals surface area contributed by atoms with E-state index >= 15 is 0 Å². The molecule has 2 aromatic carbocycles. The molecule has 22 heavy (non-hydrogen) atoms. The standard InChI is InChI=1S/C18H23N3O/c1-12-9-10-15(18(20)21)17(13(12)7-5-11-22-2)14-6-3-4-8-16(14)19/h3-4,6,8-10H,5,7,11,19H2,1-2H3,(H3,20,21). The Kier molecular flexibility index (Phi) is 5.17. The van der Waals surface area contributed by atoms with E-state index in [1.54, 1.807) is 7.11 Å². The summed E-state index contributed by atoms with van der Waals surface area (Å²) in [5.41, 5.74) is 17.7. The van der Waals surface area contributed by atoms with Gasteiger partial charge in [0.15, 0.2) is 0 Å². The Bertz CT molecular complexity index is 680. The highest BCUT2D eigenvalue weighted by molar-refractivity contribution is 6.03. The molecule has 0 atom stereocenters. The molecule has 5 N–H and O–H groups in total. The highest BCUT2D eigenvalue weighted by Crippen LogP contribution is 2.34. The molecule has 0 amide bonds. The number of aryl methyl sites for hydroxylation is 1. The lowest BCUT2D eigenvalue weighted by Gasteiger charge is -2.18. The molecular weight excluding hydrogens is 274 g/mol. The van der Waals surface area contributed by atoms with Crippen LogP contribution in [0.1, 0.15) is 23.1 Å². The quantitative estimate of drug-likeness (QED) is 0.331. The Morgan fingerprint density at radius 2 is 1.91 bits per heavy atom. The fraction of sp³-hybridized carbons (Fsp3) is 0.278. The first-order valence-electron chi connectivity index (χ1n) is 7.37. The molecule has 2 aromatic rings. The van der Waals surface area contributed by atoms with Crippen LogP contribution in [0.5, 0.6) is 0 Å². The van der Waals surface area contributed by atoms with Crippen LogP contribution in [-0.4, -0.2) is 19.6 Å². The van der Waals surface area contributed by atoms with Crippen LogP contribution in [0.25, 0.3) is 11.1 Å². The number of amidine groups is 1. The Labute approximate surface area is 131 Å². The summed E-state index contributed by atoms with van der Waals surface area (Å²) >= 11 is 0. The molecule has 0 spiro atoms. The normalized spacial score (nSPS) is 10.6. The fourth-order valence-electron chi connectivity index (χ4n) is 2.72. The number of rotatable bonds is 6. The minimum atomic E-state index is 0.0613. The van der Waals surface area contributed by atoms with Gasteiger partial charge in [0.25, 0.3) is 0 Å². The van der Waals surface area contributed by atoms with Gasteiger partial charge >= 0.3 is 0 Å². The molecule has 0 aliphatic heterocycles. The van der Waals surface area contributed by atoms with E-state index in [9.17, 15) is 0 Å². The molecule has 0 heterocycles. The van der Waals surface area contributed by atoms with Crippen molar-refractivity contribution in [1.82, 2.24) is 0 Å². The van der Waals surface area contributed by atoms with Crippen LogP contribution in [0.4, 0.5) is 5.69 Å². The highest BCUT2D eigenvalue weighted by Gasteiger charge is 2.16. The lowest BCUT2D eigenvalue weighted by molar-refractivity contribution is 0.195. The highest BCUT2D eigenvalue weighted by atomic mass is 16.5. The molecule has 0 fully saturated rings. The van der Waals surface area contributed by atoms with Crippen LogP contribution in [0, 0.1) is 12.3 Å². The van der Waals surface area contributed by atoms with E-state index in [0.717, 1.165) is 29.5 Å². The number of ether oxygens (including phenoxy) is 1. The van der Waals surface area contributed by atoms with Crippen LogP contribution >= 0.6 is 0 Å². The third kappa shape index (κ3) is 3.28. The zero-order valence-electron chi connectivity index (χ0n) is 13.1. The Morgan fingerprint density at radius 3 is 2.55 bits per heavy atom. The first kappa shape index (κ1) is 16.0. The first-order valence-corrected chi connectivity index (χ1v) is 7.37. The van der Waals surface area contributed by atoms with Crippen LogP contribution in [0.3, 0.4) is 0 Å². The first-order chi connectivity index (χ1) is 10.6. The number of nitrogens with one attached hydrogen (secondary N) is 1. The largest absolute Gasteiger partial charge is 0.398 e. The van der Waals surface area contributed by atoms with E-state index < -0.39 is 0 Å². The number of para-hydroxylation sites is 1. The number of nitrogen functional groups attached to an aromatic ring is 2. The Morgan fingerprint density at radius 1 is 1.18 bits per heavy atom. The molecular formula is C18H23N3O. The average Bonchev–Trinajstić information content (AvgIpc) is 2.49. The van der Waals surface area contributed by atoms with Gasteiger partial charge < -0.3 is 16.2 Å². The second-order valence-corrected chi connectivity index (χ2v) is 5.38. The monoisotopic (exact) mass is 297 g/mol. The van der Waals surface area contributed by atoms with Crippen molar-refractivity contribution in [2.24, 2.45) is 5.73 Å². The van der Waals surface area contributed by atoms with E-state index in [4.69, 9.17) is 21.6 Å². The van der Waals surface area contributed by atoms with Crippen molar-refractivity contribution in [3.63, 3.8) is 0 Å². The second-order valence-electron chi connectivity index (χ2n) is 5.38. The molecule has 0 saturated heterocycles. The number of anilines is 1. The van der Waals surface area contributed by atoms with E-state index in [1.807, 2.05) is 36.4 Å². The second kappa shape index (κ2) is 7.09. The number of nitrogens with two attached hydrogens (primary N) is 2. The zero-order chi connectivity index (χ0) is 16.1. The van der Waals surface area contributed by atoms with Gasteiger partial charge in [-0.25, -0.2) is 0 Å². The van der Waals surface area contributed by atoms with Gasteiger partial charge in [-0.2, -0.15) is 0 Å². The van der Waals surface area contributed by atoms with Gasteiger partial charge in [0, 0.05) is 30.5 Å². The Balaban J connectivity index is 2.63. The number of hydrogen-bond acceptors (Lipinski definition) is 3. The van der Waals surface area contributed by atoms with Crippen molar-refractivity contribution < 1.29 is 4.74 Å². The van der Waals surface area contributed by atoms with E-state index in [-0.39, 0.29) is 5.84 Å². The molecule has 0 radical (unpaired) electrons. The maximum atomic E-state index is 7.89. The molecule has 4 heteroatoms. The zero-order valence-corrected chi connectivity index (χ0v) is 13.1. The third-order valence-electron chi connectivity index (χ3n) is 3.84. The van der Waals surface area contributed by atoms with Crippen LogP contribution in [0.15, 0.2) is 36.4 Å². The number of benzene rings is 2. The van der Waals surface area contributed by atoms with Crippen LogP contribution in [0.2, 0.25) is 0 Å². The van der Waals surface area contributed by atoms with Gasteiger partial charge in [0.2, 0.25) is 0 Å². The molecule has 0 aliphatic carbocycles. The SMILES string of the molecule is COCCCc1c(C)ccc(C(=N)N)c1-c1ccccc1N. The third-order valence-corrected chi connectivity index (χ3v) is 3.84. The predicted molar refractivity (Wildman–Crippen MR) is 92.2 cm³/mol. The van der Waals surface area contributed by atoms with Gasteiger partial charge in [0.05, 0.1) is 0 Å². The summed E-state index contributed by atoms with van der Waals surface area (Å²) in [5.74, 6) is 0.0613.